The van der Waals surface area contributed by atoms with E-state index >= 15 is 0 Å². The van der Waals surface area contributed by atoms with Crippen LogP contribution in [0.1, 0.15) is 38.0 Å². The number of hydrogen-bond donors (Lipinski definition) is 0. The highest BCUT2D eigenvalue weighted by Gasteiger charge is 2.47. The zero-order chi connectivity index (χ0) is 22.5. The van der Waals surface area contributed by atoms with Crippen molar-refractivity contribution in [3.63, 3.8) is 0 Å². The van der Waals surface area contributed by atoms with E-state index in [-0.39, 0.29) is 0 Å². The molecule has 1 aliphatic rings. The van der Waals surface area contributed by atoms with E-state index in [0.29, 0.717) is 5.82 Å². The zero-order valence-corrected chi connectivity index (χ0v) is 16.6. The molecular formula is C27H25N2+. The second-order valence-electron chi connectivity index (χ2n) is 7.58. The lowest BCUT2D eigenvalue weighted by Crippen LogP contribution is -2.57. The molecule has 2 nitrogen and oxygen atoms in total. The first-order chi connectivity index (χ1) is 15.4. The smallest absolute Gasteiger partial charge is 0.210 e. The Labute approximate surface area is 176 Å². The monoisotopic (exact) mass is 380 g/mol. The lowest BCUT2D eigenvalue weighted by atomic mass is 9.83. The highest BCUT2D eigenvalue weighted by atomic mass is 15.2. The van der Waals surface area contributed by atoms with Gasteiger partial charge in [0, 0.05) is 29.0 Å². The Hall–Kier alpha value is -3.39. The lowest BCUT2D eigenvalue weighted by molar-refractivity contribution is -0.734. The van der Waals surface area contributed by atoms with E-state index in [9.17, 15) is 0 Å². The van der Waals surface area contributed by atoms with Crippen LogP contribution >= 0.6 is 0 Å². The van der Waals surface area contributed by atoms with Crippen LogP contribution in [0.15, 0.2) is 91.0 Å². The van der Waals surface area contributed by atoms with Gasteiger partial charge in [0.15, 0.2) is 16.9 Å². The van der Waals surface area contributed by atoms with Gasteiger partial charge in [0.25, 0.3) is 5.82 Å². The Morgan fingerprint density at radius 1 is 0.793 bits per heavy atom. The summed E-state index contributed by atoms with van der Waals surface area (Å²) < 4.78 is 29.7. The molecule has 1 aliphatic heterocycles. The molecule has 5 rings (SSSR count). The fourth-order valence-electron chi connectivity index (χ4n) is 4.59. The molecule has 2 heterocycles. The quantitative estimate of drug-likeness (QED) is 0.415. The van der Waals surface area contributed by atoms with Gasteiger partial charge in [0.05, 0.1) is 0 Å². The van der Waals surface area contributed by atoms with Crippen LogP contribution in [0.3, 0.4) is 0 Å². The molecule has 0 atom stereocenters. The summed E-state index contributed by atoms with van der Waals surface area (Å²) in [6, 6.07) is 28.2. The number of benzene rings is 3. The largest absolute Gasteiger partial charge is 0.260 e. The first-order valence-electron chi connectivity index (χ1n) is 11.4. The maximum atomic E-state index is 8.58. The summed E-state index contributed by atoms with van der Waals surface area (Å²) in [5.41, 5.74) is 5.05. The van der Waals surface area contributed by atoms with Crippen LogP contribution in [0.2, 0.25) is 0 Å². The van der Waals surface area contributed by atoms with E-state index in [1.807, 2.05) is 83.6 Å². The third-order valence-corrected chi connectivity index (χ3v) is 5.99. The van der Waals surface area contributed by atoms with Crippen molar-refractivity contribution in [2.45, 2.75) is 26.2 Å². The third kappa shape index (κ3) is 2.45. The van der Waals surface area contributed by atoms with E-state index < -0.39 is 12.4 Å². The summed E-state index contributed by atoms with van der Waals surface area (Å²) in [6.45, 7) is 1.70. The average molecular weight is 381 g/mol. The predicted molar refractivity (Wildman–Crippen MR) is 118 cm³/mol. The fourth-order valence-corrected chi connectivity index (χ4v) is 4.59. The van der Waals surface area contributed by atoms with Crippen LogP contribution in [0.25, 0.3) is 11.8 Å². The fraction of sp³-hybridized carbons (Fsp3) is 0.148. The molecule has 0 amide bonds. The number of nitrogens with zero attached hydrogens (tertiary/aromatic N) is 2. The summed E-state index contributed by atoms with van der Waals surface area (Å²) in [7, 11) is 0. The summed E-state index contributed by atoms with van der Waals surface area (Å²) >= 11 is 0. The van der Waals surface area contributed by atoms with Crippen LogP contribution in [0, 0.1) is 20.7 Å². The van der Waals surface area contributed by atoms with Crippen LogP contribution in [-0.4, -0.2) is 4.57 Å². The van der Waals surface area contributed by atoms with Crippen LogP contribution in [0.5, 0.6) is 0 Å². The van der Waals surface area contributed by atoms with Crippen molar-refractivity contribution in [3.05, 3.63) is 125 Å². The molecule has 0 unspecified atom stereocenters. The molecule has 0 N–H and O–H groups in total. The molecule has 142 valence electrons. The molecular weight excluding hydrogens is 352 g/mol. The maximum Gasteiger partial charge on any atom is 0.260 e. The van der Waals surface area contributed by atoms with E-state index in [0.717, 1.165) is 33.8 Å². The van der Waals surface area contributed by atoms with Crippen LogP contribution < -0.4 is 4.57 Å². The van der Waals surface area contributed by atoms with E-state index in [4.69, 9.17) is 4.11 Å². The SMILES string of the molecule is [2H]C([2H])([2H])c1n(-c2ccccc2C)c(C)c2[n+]1C(c1ccccc1)(c1ccccc1)C=C2. The minimum Gasteiger partial charge on any atom is -0.210 e. The minimum atomic E-state index is -2.33. The molecule has 2 heteroatoms. The topological polar surface area (TPSA) is 8.81 Å². The van der Waals surface area contributed by atoms with Crippen molar-refractivity contribution in [3.8, 4) is 5.69 Å². The summed E-state index contributed by atoms with van der Waals surface area (Å²) in [6.07, 6.45) is 4.21. The highest BCUT2D eigenvalue weighted by Crippen LogP contribution is 2.38. The molecule has 3 aromatic carbocycles. The van der Waals surface area contributed by atoms with Gasteiger partial charge in [-0.3, -0.25) is 0 Å². The van der Waals surface area contributed by atoms with Gasteiger partial charge in [-0.25, -0.2) is 4.57 Å². The van der Waals surface area contributed by atoms with Gasteiger partial charge < -0.3 is 0 Å². The first-order valence-corrected chi connectivity index (χ1v) is 9.90. The Balaban J connectivity index is 1.94. The molecule has 0 bridgehead atoms. The Morgan fingerprint density at radius 3 is 1.97 bits per heavy atom. The molecule has 0 saturated heterocycles. The van der Waals surface area contributed by atoms with Gasteiger partial charge in [-0.15, -0.1) is 0 Å². The molecule has 0 fully saturated rings. The Kier molecular flexibility index (Phi) is 3.32. The van der Waals surface area contributed by atoms with E-state index in [1.54, 1.807) is 0 Å². The number of aromatic nitrogens is 2. The molecule has 1 aromatic heterocycles. The van der Waals surface area contributed by atoms with Gasteiger partial charge >= 0.3 is 0 Å². The van der Waals surface area contributed by atoms with E-state index in [2.05, 4.69) is 36.4 Å². The summed E-state index contributed by atoms with van der Waals surface area (Å²) in [5, 5.41) is 0. The average Bonchev–Trinajstić information content (AvgIpc) is 3.32. The van der Waals surface area contributed by atoms with Gasteiger partial charge in [-0.2, -0.15) is 4.57 Å². The highest BCUT2D eigenvalue weighted by molar-refractivity contribution is 5.58. The first kappa shape index (κ1) is 14.6. The molecule has 0 spiro atoms. The van der Waals surface area contributed by atoms with Gasteiger partial charge in [0.1, 0.15) is 5.69 Å². The normalized spacial score (nSPS) is 16.1. The minimum absolute atomic E-state index is 0.303. The zero-order valence-electron chi connectivity index (χ0n) is 19.6. The third-order valence-electron chi connectivity index (χ3n) is 5.99. The van der Waals surface area contributed by atoms with Crippen molar-refractivity contribution in [1.29, 1.82) is 0 Å². The number of aryl methyl sites for hydroxylation is 1. The van der Waals surface area contributed by atoms with Crippen LogP contribution in [0.4, 0.5) is 0 Å². The van der Waals surface area contributed by atoms with Gasteiger partial charge in [0.2, 0.25) is 0 Å². The van der Waals surface area contributed by atoms with E-state index in [1.165, 1.54) is 0 Å². The summed E-state index contributed by atoms with van der Waals surface area (Å²) in [5.74, 6) is 0.303. The second-order valence-corrected chi connectivity index (χ2v) is 7.58. The lowest BCUT2D eigenvalue weighted by Gasteiger charge is -2.28. The predicted octanol–water partition coefficient (Wildman–Crippen LogP) is 5.51. The Bertz CT molecular complexity index is 1280. The number of para-hydroxylation sites is 1. The van der Waals surface area contributed by atoms with Crippen molar-refractivity contribution >= 4 is 6.08 Å². The molecule has 0 radical (unpaired) electrons. The number of fused-ring (bicyclic) bond motifs is 1. The maximum absolute atomic E-state index is 8.58. The summed E-state index contributed by atoms with van der Waals surface area (Å²) in [4.78, 5) is 0. The number of allylic oxidation sites excluding steroid dienone is 1. The van der Waals surface area contributed by atoms with Crippen molar-refractivity contribution in [1.82, 2.24) is 4.57 Å². The van der Waals surface area contributed by atoms with Gasteiger partial charge in [-0.05, 0) is 30.7 Å². The molecule has 0 saturated carbocycles. The number of imidazole rings is 1. The molecule has 29 heavy (non-hydrogen) atoms. The van der Waals surface area contributed by atoms with Crippen LogP contribution in [-0.2, 0) is 5.54 Å². The van der Waals surface area contributed by atoms with Gasteiger partial charge in [-0.1, -0.05) is 78.9 Å². The van der Waals surface area contributed by atoms with Crippen molar-refractivity contribution < 1.29 is 8.68 Å². The molecule has 4 aromatic rings. The second kappa shape index (κ2) is 6.59. The standard InChI is InChI=1S/C27H25N2/c1-20-12-10-11-17-25(20)28-21(2)26-18-19-27(29(26)22(28)3,23-13-6-4-7-14-23)24-15-8-5-9-16-24/h4-19H,1-3H3/q+1/i3D3. The van der Waals surface area contributed by atoms with Crippen molar-refractivity contribution in [2.75, 3.05) is 0 Å². The molecule has 0 aliphatic carbocycles. The Morgan fingerprint density at radius 2 is 1.38 bits per heavy atom. The number of rotatable bonds is 3. The number of hydrogen-bond acceptors (Lipinski definition) is 0. The van der Waals surface area contributed by atoms with Crippen molar-refractivity contribution in [2.24, 2.45) is 0 Å².